The number of ether oxygens (including phenoxy) is 3. The number of benzene rings is 1. The van der Waals surface area contributed by atoms with E-state index in [0.29, 0.717) is 23.4 Å². The van der Waals surface area contributed by atoms with Crippen LogP contribution in [0.5, 0.6) is 0 Å². The van der Waals surface area contributed by atoms with Gasteiger partial charge in [0.15, 0.2) is 0 Å². The van der Waals surface area contributed by atoms with Crippen molar-refractivity contribution in [2.75, 3.05) is 19.8 Å². The molecule has 1 heterocycles. The second-order valence-electron chi connectivity index (χ2n) is 9.85. The summed E-state index contributed by atoms with van der Waals surface area (Å²) in [6, 6.07) is 6.76. The van der Waals surface area contributed by atoms with Gasteiger partial charge in [0.2, 0.25) is 0 Å². The van der Waals surface area contributed by atoms with E-state index in [9.17, 15) is 14.4 Å². The van der Waals surface area contributed by atoms with Crippen molar-refractivity contribution in [3.8, 4) is 0 Å². The highest BCUT2D eigenvalue weighted by Gasteiger charge is 2.49. The van der Waals surface area contributed by atoms with Gasteiger partial charge in [0, 0.05) is 30.5 Å². The van der Waals surface area contributed by atoms with Crippen LogP contribution in [0.15, 0.2) is 40.3 Å². The lowest BCUT2D eigenvalue weighted by molar-refractivity contribution is -0.153. The third kappa shape index (κ3) is 8.37. The second-order valence-corrected chi connectivity index (χ2v) is 9.85. The fraction of sp³-hybridized carbons (Fsp3) is 0.552. The molecular formula is C29H40N2O6. The van der Waals surface area contributed by atoms with Crippen molar-refractivity contribution in [3.05, 3.63) is 41.5 Å². The summed E-state index contributed by atoms with van der Waals surface area (Å²) in [4.78, 5) is 48.2. The number of hydrogen-bond donors (Lipinski definition) is 0. The zero-order chi connectivity index (χ0) is 27.6. The Bertz CT molecular complexity index is 1040. The molecule has 0 saturated carbocycles. The lowest BCUT2D eigenvalue weighted by Crippen LogP contribution is -2.47. The van der Waals surface area contributed by atoms with E-state index in [2.05, 4.69) is 4.99 Å². The second kappa shape index (κ2) is 13.9. The Morgan fingerprint density at radius 1 is 1.03 bits per heavy atom. The van der Waals surface area contributed by atoms with Gasteiger partial charge < -0.3 is 14.2 Å². The minimum absolute atomic E-state index is 0.188. The van der Waals surface area contributed by atoms with Crippen LogP contribution in [0.25, 0.3) is 6.08 Å². The molecule has 0 fully saturated rings. The highest BCUT2D eigenvalue weighted by Crippen LogP contribution is 2.42. The summed E-state index contributed by atoms with van der Waals surface area (Å²) < 4.78 is 16.3. The molecule has 1 aliphatic heterocycles. The number of aliphatic imine (C=N–C) groups is 2. The van der Waals surface area contributed by atoms with Crippen LogP contribution in [0.4, 0.5) is 0 Å². The van der Waals surface area contributed by atoms with Gasteiger partial charge >= 0.3 is 17.9 Å². The number of rotatable bonds is 10. The van der Waals surface area contributed by atoms with Gasteiger partial charge in [0.25, 0.3) is 0 Å². The van der Waals surface area contributed by atoms with Crippen LogP contribution >= 0.6 is 0 Å². The quantitative estimate of drug-likeness (QED) is 0.193. The third-order valence-corrected chi connectivity index (χ3v) is 5.79. The van der Waals surface area contributed by atoms with Crippen molar-refractivity contribution in [1.29, 1.82) is 0 Å². The molecule has 8 nitrogen and oxygen atoms in total. The Kier molecular flexibility index (Phi) is 11.2. The van der Waals surface area contributed by atoms with Crippen molar-refractivity contribution >= 4 is 35.9 Å². The van der Waals surface area contributed by atoms with Crippen LogP contribution in [0, 0.1) is 11.8 Å². The maximum Gasteiger partial charge on any atom is 0.331 e. The van der Waals surface area contributed by atoms with E-state index in [1.807, 2.05) is 31.2 Å². The van der Waals surface area contributed by atoms with Crippen LogP contribution in [0.1, 0.15) is 71.9 Å². The molecular weight excluding hydrogens is 472 g/mol. The normalized spacial score (nSPS) is 22.1. The van der Waals surface area contributed by atoms with E-state index in [4.69, 9.17) is 19.2 Å². The molecule has 0 spiro atoms. The molecule has 0 N–H and O–H groups in total. The van der Waals surface area contributed by atoms with Crippen molar-refractivity contribution in [2.45, 2.75) is 72.4 Å². The van der Waals surface area contributed by atoms with Crippen LogP contribution in [0.3, 0.4) is 0 Å². The lowest BCUT2D eigenvalue weighted by atomic mass is 9.69. The van der Waals surface area contributed by atoms with Crippen LogP contribution in [-0.4, -0.2) is 61.2 Å². The monoisotopic (exact) mass is 512 g/mol. The number of esters is 3. The molecule has 0 radical (unpaired) electrons. The number of carbonyl (C=O) groups excluding carboxylic acids is 3. The van der Waals surface area contributed by atoms with Crippen LogP contribution in [0.2, 0.25) is 0 Å². The first kappa shape index (κ1) is 29.9. The first-order valence-electron chi connectivity index (χ1n) is 12.9. The minimum Gasteiger partial charge on any atom is -0.466 e. The lowest BCUT2D eigenvalue weighted by Gasteiger charge is -2.38. The van der Waals surface area contributed by atoms with Crippen molar-refractivity contribution in [1.82, 2.24) is 0 Å². The van der Waals surface area contributed by atoms with Gasteiger partial charge in [-0.05, 0) is 65.2 Å². The van der Waals surface area contributed by atoms with E-state index >= 15 is 0 Å². The van der Waals surface area contributed by atoms with Gasteiger partial charge in [0.1, 0.15) is 11.5 Å². The average molecular weight is 513 g/mol. The number of carbonyl (C=O) groups is 3. The van der Waals surface area contributed by atoms with Gasteiger partial charge in [-0.2, -0.15) is 0 Å². The summed E-state index contributed by atoms with van der Waals surface area (Å²) >= 11 is 0. The van der Waals surface area contributed by atoms with E-state index in [1.54, 1.807) is 53.8 Å². The van der Waals surface area contributed by atoms with Gasteiger partial charge in [-0.1, -0.05) is 31.2 Å². The summed E-state index contributed by atoms with van der Waals surface area (Å²) in [5.74, 6) is -3.67. The topological polar surface area (TPSA) is 104 Å². The summed E-state index contributed by atoms with van der Waals surface area (Å²) in [7, 11) is 0. The molecule has 8 heteroatoms. The molecule has 1 aromatic rings. The molecule has 2 rings (SSSR count). The van der Waals surface area contributed by atoms with Crippen molar-refractivity contribution in [3.63, 3.8) is 0 Å². The highest BCUT2D eigenvalue weighted by molar-refractivity contribution is 6.05. The fourth-order valence-electron chi connectivity index (χ4n) is 4.42. The van der Waals surface area contributed by atoms with Gasteiger partial charge in [-0.15, -0.1) is 0 Å². The SMILES string of the molecule is CCCN=CC1N=C(C)C(C(=O)OCC)C(c2ccccc2C=CC(=O)OC(C)(C)C)C1C(=O)OCC. The molecule has 0 aliphatic carbocycles. The predicted octanol–water partition coefficient (Wildman–Crippen LogP) is 4.81. The van der Waals surface area contributed by atoms with E-state index in [-0.39, 0.29) is 13.2 Å². The Hall–Kier alpha value is -3.29. The first-order valence-corrected chi connectivity index (χ1v) is 12.9. The average Bonchev–Trinajstić information content (AvgIpc) is 2.81. The maximum absolute atomic E-state index is 13.4. The molecule has 4 unspecified atom stereocenters. The molecule has 0 aromatic heterocycles. The van der Waals surface area contributed by atoms with Crippen LogP contribution < -0.4 is 0 Å². The Labute approximate surface area is 220 Å². The van der Waals surface area contributed by atoms with Crippen molar-refractivity contribution in [2.24, 2.45) is 21.8 Å². The summed E-state index contributed by atoms with van der Waals surface area (Å²) in [6.07, 6.45) is 5.53. The van der Waals surface area contributed by atoms with E-state index in [1.165, 1.54) is 6.08 Å². The molecule has 0 bridgehead atoms. The molecule has 0 saturated heterocycles. The minimum atomic E-state index is -0.810. The summed E-state index contributed by atoms with van der Waals surface area (Å²) in [5, 5.41) is 0. The number of hydrogen-bond acceptors (Lipinski definition) is 8. The van der Waals surface area contributed by atoms with Crippen LogP contribution in [-0.2, 0) is 28.6 Å². The van der Waals surface area contributed by atoms with E-state index < -0.39 is 47.3 Å². The van der Waals surface area contributed by atoms with Gasteiger partial charge in [-0.3, -0.25) is 19.6 Å². The zero-order valence-electron chi connectivity index (χ0n) is 23.0. The van der Waals surface area contributed by atoms with Gasteiger partial charge in [-0.25, -0.2) is 4.79 Å². The molecule has 0 amide bonds. The largest absolute Gasteiger partial charge is 0.466 e. The predicted molar refractivity (Wildman–Crippen MR) is 145 cm³/mol. The van der Waals surface area contributed by atoms with E-state index in [0.717, 1.165) is 6.42 Å². The summed E-state index contributed by atoms with van der Waals surface area (Å²) in [6.45, 7) is 13.6. The van der Waals surface area contributed by atoms with Crippen molar-refractivity contribution < 1.29 is 28.6 Å². The van der Waals surface area contributed by atoms with Gasteiger partial charge in [0.05, 0.1) is 25.2 Å². The maximum atomic E-state index is 13.4. The third-order valence-electron chi connectivity index (χ3n) is 5.79. The molecule has 1 aliphatic rings. The first-order chi connectivity index (χ1) is 17.5. The highest BCUT2D eigenvalue weighted by atomic mass is 16.6. The fourth-order valence-corrected chi connectivity index (χ4v) is 4.42. The molecule has 4 atom stereocenters. The Morgan fingerprint density at radius 3 is 2.30 bits per heavy atom. The standard InChI is InChI=1S/C29H40N2O6/c1-8-17-30-18-22-26(28(34)36-10-3)25(24(19(4)31-22)27(33)35-9-2)21-14-12-11-13-20(21)15-16-23(32)37-29(5,6)7/h11-16,18,22,24-26H,8-10,17H2,1-7H3. The molecule has 1 aromatic carbocycles. The number of nitrogens with zero attached hydrogens (tertiary/aromatic N) is 2. The Morgan fingerprint density at radius 2 is 1.68 bits per heavy atom. The zero-order valence-corrected chi connectivity index (χ0v) is 23.0. The Balaban J connectivity index is 2.69. The summed E-state index contributed by atoms with van der Waals surface area (Å²) in [5.41, 5.74) is 1.32. The smallest absolute Gasteiger partial charge is 0.331 e. The molecule has 37 heavy (non-hydrogen) atoms. The molecule has 202 valence electrons.